The summed E-state index contributed by atoms with van der Waals surface area (Å²) >= 11 is 0. The van der Waals surface area contributed by atoms with Crippen LogP contribution in [0.3, 0.4) is 0 Å². The molecule has 5 nitrogen and oxygen atoms in total. The van der Waals surface area contributed by atoms with Crippen LogP contribution in [0.15, 0.2) is 18.2 Å². The summed E-state index contributed by atoms with van der Waals surface area (Å²) in [5.74, 6) is -2.49. The average molecular weight is 351 g/mol. The molecule has 2 aliphatic rings. The molecule has 2 atom stereocenters. The number of carbonyl (C=O) groups excluding carboxylic acids is 2. The lowest BCUT2D eigenvalue weighted by atomic mass is 9.97. The predicted octanol–water partition coefficient (Wildman–Crippen LogP) is 1.69. The predicted molar refractivity (Wildman–Crippen MR) is 89.0 cm³/mol. The minimum atomic E-state index is -1.10. The molecule has 0 spiro atoms. The number of nitrogens with one attached hydrogen (secondary N) is 2. The van der Waals surface area contributed by atoms with Crippen LogP contribution in [0.1, 0.15) is 36.0 Å². The largest absolute Gasteiger partial charge is 0.354 e. The molecule has 1 aromatic carbocycles. The SMILES string of the molecule is O=C(NCC1CCCN(C(=O)c2cccc(F)c2F)C1)C1CCCN1. The van der Waals surface area contributed by atoms with Gasteiger partial charge in [0.15, 0.2) is 11.6 Å². The van der Waals surface area contributed by atoms with Crippen LogP contribution >= 0.6 is 0 Å². The van der Waals surface area contributed by atoms with E-state index >= 15 is 0 Å². The maximum absolute atomic E-state index is 13.8. The molecule has 2 unspecified atom stereocenters. The lowest BCUT2D eigenvalue weighted by Gasteiger charge is -2.33. The molecule has 2 aliphatic heterocycles. The molecule has 2 N–H and O–H groups in total. The van der Waals surface area contributed by atoms with E-state index in [1.54, 1.807) is 4.90 Å². The van der Waals surface area contributed by atoms with Crippen LogP contribution in [0, 0.1) is 17.6 Å². The molecular weight excluding hydrogens is 328 g/mol. The minimum Gasteiger partial charge on any atom is -0.354 e. The molecule has 0 aliphatic carbocycles. The normalized spacial score (nSPS) is 23.5. The van der Waals surface area contributed by atoms with Crippen molar-refractivity contribution < 1.29 is 18.4 Å². The third kappa shape index (κ3) is 4.15. The summed E-state index contributed by atoms with van der Waals surface area (Å²) in [4.78, 5) is 26.1. The van der Waals surface area contributed by atoms with Crippen LogP contribution in [-0.4, -0.2) is 48.9 Å². The molecule has 7 heteroatoms. The Morgan fingerprint density at radius 2 is 2.08 bits per heavy atom. The second-order valence-corrected chi connectivity index (χ2v) is 6.75. The number of halogens is 2. The van der Waals surface area contributed by atoms with E-state index < -0.39 is 17.5 Å². The zero-order chi connectivity index (χ0) is 17.8. The van der Waals surface area contributed by atoms with Gasteiger partial charge >= 0.3 is 0 Å². The highest BCUT2D eigenvalue weighted by Gasteiger charge is 2.28. The molecule has 2 amide bonds. The average Bonchev–Trinajstić information content (AvgIpc) is 3.16. The molecule has 25 heavy (non-hydrogen) atoms. The third-order valence-corrected chi connectivity index (χ3v) is 4.93. The number of rotatable bonds is 4. The molecule has 2 fully saturated rings. The molecule has 3 rings (SSSR count). The van der Waals surface area contributed by atoms with E-state index in [1.165, 1.54) is 12.1 Å². The summed E-state index contributed by atoms with van der Waals surface area (Å²) in [7, 11) is 0. The van der Waals surface area contributed by atoms with Gasteiger partial charge in [0.05, 0.1) is 11.6 Å². The molecule has 0 saturated carbocycles. The van der Waals surface area contributed by atoms with Crippen molar-refractivity contribution in [3.8, 4) is 0 Å². The summed E-state index contributed by atoms with van der Waals surface area (Å²) < 4.78 is 27.2. The summed E-state index contributed by atoms with van der Waals surface area (Å²) in [5, 5.41) is 6.09. The van der Waals surface area contributed by atoms with Gasteiger partial charge in [-0.2, -0.15) is 0 Å². The quantitative estimate of drug-likeness (QED) is 0.868. The number of likely N-dealkylation sites (tertiary alicyclic amines) is 1. The second kappa shape index (κ2) is 7.91. The molecule has 1 aromatic rings. The van der Waals surface area contributed by atoms with E-state index in [2.05, 4.69) is 10.6 Å². The fraction of sp³-hybridized carbons (Fsp3) is 0.556. The zero-order valence-corrected chi connectivity index (χ0v) is 14.1. The third-order valence-electron chi connectivity index (χ3n) is 4.93. The van der Waals surface area contributed by atoms with E-state index in [0.717, 1.165) is 38.3 Å². The Hall–Kier alpha value is -2.02. The Morgan fingerprint density at radius 3 is 2.84 bits per heavy atom. The fourth-order valence-electron chi connectivity index (χ4n) is 3.53. The lowest BCUT2D eigenvalue weighted by molar-refractivity contribution is -0.123. The van der Waals surface area contributed by atoms with Gasteiger partial charge in [-0.05, 0) is 50.3 Å². The summed E-state index contributed by atoms with van der Waals surface area (Å²) in [5.41, 5.74) is -0.236. The van der Waals surface area contributed by atoms with Crippen LogP contribution in [-0.2, 0) is 4.79 Å². The Bertz CT molecular complexity index is 647. The Balaban J connectivity index is 1.56. The Kier molecular flexibility index (Phi) is 5.63. The second-order valence-electron chi connectivity index (χ2n) is 6.75. The van der Waals surface area contributed by atoms with Gasteiger partial charge in [0, 0.05) is 19.6 Å². The van der Waals surface area contributed by atoms with Crippen molar-refractivity contribution in [2.45, 2.75) is 31.7 Å². The first-order valence-corrected chi connectivity index (χ1v) is 8.80. The van der Waals surface area contributed by atoms with E-state index in [9.17, 15) is 18.4 Å². The number of piperidine rings is 1. The number of nitrogens with zero attached hydrogens (tertiary/aromatic N) is 1. The first-order chi connectivity index (χ1) is 12.1. The molecule has 0 radical (unpaired) electrons. The van der Waals surface area contributed by atoms with Crippen molar-refractivity contribution in [3.63, 3.8) is 0 Å². The van der Waals surface area contributed by atoms with Crippen LogP contribution in [0.5, 0.6) is 0 Å². The summed E-state index contributed by atoms with van der Waals surface area (Å²) in [6.07, 6.45) is 3.53. The number of carbonyl (C=O) groups is 2. The number of hydrogen-bond donors (Lipinski definition) is 2. The van der Waals surface area contributed by atoms with Crippen molar-refractivity contribution in [1.29, 1.82) is 0 Å². The molecule has 2 heterocycles. The number of benzene rings is 1. The molecule has 0 aromatic heterocycles. The Labute approximate surface area is 145 Å². The molecule has 2 saturated heterocycles. The molecule has 136 valence electrons. The Morgan fingerprint density at radius 1 is 1.24 bits per heavy atom. The van der Waals surface area contributed by atoms with Gasteiger partial charge in [-0.25, -0.2) is 8.78 Å². The monoisotopic (exact) mass is 351 g/mol. The topological polar surface area (TPSA) is 61.4 Å². The van der Waals surface area contributed by atoms with Crippen molar-refractivity contribution in [2.75, 3.05) is 26.2 Å². The first kappa shape index (κ1) is 17.8. The van der Waals surface area contributed by atoms with Crippen molar-refractivity contribution in [2.24, 2.45) is 5.92 Å². The lowest BCUT2D eigenvalue weighted by Crippen LogP contribution is -2.46. The highest BCUT2D eigenvalue weighted by atomic mass is 19.2. The fourth-order valence-corrected chi connectivity index (χ4v) is 3.53. The highest BCUT2D eigenvalue weighted by molar-refractivity contribution is 5.94. The van der Waals surface area contributed by atoms with Crippen molar-refractivity contribution in [3.05, 3.63) is 35.4 Å². The van der Waals surface area contributed by atoms with E-state index in [-0.39, 0.29) is 23.4 Å². The van der Waals surface area contributed by atoms with Gasteiger partial charge in [-0.1, -0.05) is 6.07 Å². The molecule has 0 bridgehead atoms. The number of hydrogen-bond acceptors (Lipinski definition) is 3. The van der Waals surface area contributed by atoms with Crippen LogP contribution in [0.2, 0.25) is 0 Å². The van der Waals surface area contributed by atoms with E-state index in [1.807, 2.05) is 0 Å². The van der Waals surface area contributed by atoms with Gasteiger partial charge < -0.3 is 15.5 Å². The van der Waals surface area contributed by atoms with Gasteiger partial charge in [-0.15, -0.1) is 0 Å². The van der Waals surface area contributed by atoms with Gasteiger partial charge in [-0.3, -0.25) is 9.59 Å². The maximum Gasteiger partial charge on any atom is 0.256 e. The van der Waals surface area contributed by atoms with Gasteiger partial charge in [0.1, 0.15) is 0 Å². The number of amides is 2. The van der Waals surface area contributed by atoms with E-state index in [0.29, 0.717) is 19.6 Å². The van der Waals surface area contributed by atoms with Gasteiger partial charge in [0.25, 0.3) is 5.91 Å². The van der Waals surface area contributed by atoms with Crippen molar-refractivity contribution >= 4 is 11.8 Å². The van der Waals surface area contributed by atoms with Gasteiger partial charge in [0.2, 0.25) is 5.91 Å². The van der Waals surface area contributed by atoms with Crippen molar-refractivity contribution in [1.82, 2.24) is 15.5 Å². The summed E-state index contributed by atoms with van der Waals surface area (Å²) in [6, 6.07) is 3.51. The van der Waals surface area contributed by atoms with E-state index in [4.69, 9.17) is 0 Å². The maximum atomic E-state index is 13.8. The molecular formula is C18H23F2N3O2. The first-order valence-electron chi connectivity index (χ1n) is 8.80. The highest BCUT2D eigenvalue weighted by Crippen LogP contribution is 2.20. The van der Waals surface area contributed by atoms with Crippen LogP contribution in [0.4, 0.5) is 8.78 Å². The van der Waals surface area contributed by atoms with Crippen LogP contribution in [0.25, 0.3) is 0 Å². The zero-order valence-electron chi connectivity index (χ0n) is 14.1. The summed E-state index contributed by atoms with van der Waals surface area (Å²) in [6.45, 7) is 2.31. The minimum absolute atomic E-state index is 0.00266. The standard InChI is InChI=1S/C18H23F2N3O2/c19-14-6-1-5-13(16(14)20)18(25)23-9-3-4-12(11-23)10-22-17(24)15-7-2-8-21-15/h1,5-6,12,15,21H,2-4,7-11H2,(H,22,24). The smallest absolute Gasteiger partial charge is 0.256 e. The van der Waals surface area contributed by atoms with Crippen LogP contribution < -0.4 is 10.6 Å².